The Hall–Kier alpha value is -0.970. The van der Waals surface area contributed by atoms with Crippen LogP contribution in [0.3, 0.4) is 0 Å². The lowest BCUT2D eigenvalue weighted by atomic mass is 10.1. The van der Waals surface area contributed by atoms with Crippen molar-refractivity contribution < 1.29 is 13.9 Å². The number of hydrogen-bond acceptors (Lipinski definition) is 3. The van der Waals surface area contributed by atoms with Crippen LogP contribution in [0.4, 0.5) is 4.39 Å². The molecule has 4 heteroatoms. The van der Waals surface area contributed by atoms with Gasteiger partial charge in [0.25, 0.3) is 0 Å². The molecule has 102 valence electrons. The lowest BCUT2D eigenvalue weighted by Crippen LogP contribution is -2.27. The van der Waals surface area contributed by atoms with Gasteiger partial charge in [0, 0.05) is 12.7 Å². The second-order valence-electron chi connectivity index (χ2n) is 4.10. The number of hydrogen-bond donors (Lipinski definition) is 1. The number of halogens is 1. The molecule has 0 radical (unpaired) electrons. The second-order valence-corrected chi connectivity index (χ2v) is 4.10. The maximum Gasteiger partial charge on any atom is 0.128 e. The summed E-state index contributed by atoms with van der Waals surface area (Å²) in [7, 11) is 1.63. The van der Waals surface area contributed by atoms with Crippen molar-refractivity contribution in [3.05, 3.63) is 35.6 Å². The van der Waals surface area contributed by atoms with Crippen molar-refractivity contribution in [1.29, 1.82) is 0 Å². The van der Waals surface area contributed by atoms with E-state index >= 15 is 0 Å². The molecule has 0 heterocycles. The summed E-state index contributed by atoms with van der Waals surface area (Å²) in [5, 5.41) is 3.30. The van der Waals surface area contributed by atoms with E-state index in [0.717, 1.165) is 13.0 Å². The summed E-state index contributed by atoms with van der Waals surface area (Å²) in [5.41, 5.74) is 0.656. The topological polar surface area (TPSA) is 30.5 Å². The molecule has 3 nitrogen and oxygen atoms in total. The van der Waals surface area contributed by atoms with Gasteiger partial charge >= 0.3 is 0 Å². The highest BCUT2D eigenvalue weighted by Gasteiger charge is 2.14. The van der Waals surface area contributed by atoms with Gasteiger partial charge in [0.1, 0.15) is 5.82 Å². The third-order valence-electron chi connectivity index (χ3n) is 2.64. The fraction of sp³-hybridized carbons (Fsp3) is 0.571. The maximum absolute atomic E-state index is 13.7. The summed E-state index contributed by atoms with van der Waals surface area (Å²) >= 11 is 0. The first-order valence-electron chi connectivity index (χ1n) is 6.34. The van der Waals surface area contributed by atoms with Crippen LogP contribution >= 0.6 is 0 Å². The number of benzene rings is 1. The molecule has 1 atom stereocenters. The maximum atomic E-state index is 13.7. The minimum absolute atomic E-state index is 0.108. The molecule has 18 heavy (non-hydrogen) atoms. The average Bonchev–Trinajstić information content (AvgIpc) is 2.39. The van der Waals surface area contributed by atoms with Crippen molar-refractivity contribution in [3.63, 3.8) is 0 Å². The summed E-state index contributed by atoms with van der Waals surface area (Å²) in [6, 6.07) is 6.70. The average molecular weight is 255 g/mol. The SMILES string of the molecule is CCCNC(COCCOC)c1ccccc1F. The van der Waals surface area contributed by atoms with Crippen molar-refractivity contribution in [1.82, 2.24) is 5.32 Å². The summed E-state index contributed by atoms with van der Waals surface area (Å²) < 4.78 is 24.1. The first-order chi connectivity index (χ1) is 8.79. The van der Waals surface area contributed by atoms with Gasteiger partial charge < -0.3 is 14.8 Å². The molecule has 0 fully saturated rings. The summed E-state index contributed by atoms with van der Waals surface area (Å²) in [5.74, 6) is -0.193. The van der Waals surface area contributed by atoms with E-state index < -0.39 is 0 Å². The number of nitrogens with one attached hydrogen (secondary N) is 1. The predicted octanol–water partition coefficient (Wildman–Crippen LogP) is 2.53. The molecule has 1 aromatic carbocycles. The molecule has 0 aliphatic rings. The van der Waals surface area contributed by atoms with Crippen LogP contribution < -0.4 is 5.32 Å². The summed E-state index contributed by atoms with van der Waals surface area (Å²) in [6.45, 7) is 4.45. The van der Waals surface area contributed by atoms with Crippen LogP contribution in [0.25, 0.3) is 0 Å². The zero-order valence-electron chi connectivity index (χ0n) is 11.1. The number of rotatable bonds is 9. The van der Waals surface area contributed by atoms with Crippen LogP contribution in [0, 0.1) is 5.82 Å². The van der Waals surface area contributed by atoms with E-state index in [2.05, 4.69) is 12.2 Å². The van der Waals surface area contributed by atoms with Gasteiger partial charge in [-0.1, -0.05) is 25.1 Å². The van der Waals surface area contributed by atoms with Crippen molar-refractivity contribution in [2.75, 3.05) is 33.5 Å². The minimum Gasteiger partial charge on any atom is -0.382 e. The normalized spacial score (nSPS) is 12.6. The standard InChI is InChI=1S/C14H22FNO2/c1-3-8-16-14(11-18-10-9-17-2)12-6-4-5-7-13(12)15/h4-7,14,16H,3,8-11H2,1-2H3. The molecule has 0 saturated carbocycles. The Morgan fingerprint density at radius 2 is 2.06 bits per heavy atom. The number of methoxy groups -OCH3 is 1. The highest BCUT2D eigenvalue weighted by atomic mass is 19.1. The Kier molecular flexibility index (Phi) is 7.57. The second kappa shape index (κ2) is 9.03. The highest BCUT2D eigenvalue weighted by molar-refractivity contribution is 5.21. The van der Waals surface area contributed by atoms with Gasteiger partial charge in [-0.25, -0.2) is 4.39 Å². The number of ether oxygens (including phenoxy) is 2. The van der Waals surface area contributed by atoms with E-state index in [9.17, 15) is 4.39 Å². The van der Waals surface area contributed by atoms with Crippen molar-refractivity contribution in [2.45, 2.75) is 19.4 Å². The van der Waals surface area contributed by atoms with Gasteiger partial charge in [-0.3, -0.25) is 0 Å². The van der Waals surface area contributed by atoms with Gasteiger partial charge in [-0.15, -0.1) is 0 Å². The van der Waals surface area contributed by atoms with Gasteiger partial charge in [-0.2, -0.15) is 0 Å². The summed E-state index contributed by atoms with van der Waals surface area (Å²) in [4.78, 5) is 0. The van der Waals surface area contributed by atoms with Crippen LogP contribution in [0.2, 0.25) is 0 Å². The largest absolute Gasteiger partial charge is 0.382 e. The van der Waals surface area contributed by atoms with Gasteiger partial charge in [0.2, 0.25) is 0 Å². The van der Waals surface area contributed by atoms with Crippen molar-refractivity contribution in [2.24, 2.45) is 0 Å². The Morgan fingerprint density at radius 1 is 1.28 bits per heavy atom. The molecule has 0 aliphatic heterocycles. The molecule has 0 amide bonds. The quantitative estimate of drug-likeness (QED) is 0.688. The van der Waals surface area contributed by atoms with Crippen LogP contribution in [0.15, 0.2) is 24.3 Å². The van der Waals surface area contributed by atoms with Gasteiger partial charge in [-0.05, 0) is 19.0 Å². The summed E-state index contributed by atoms with van der Waals surface area (Å²) in [6.07, 6.45) is 1.00. The molecule has 0 saturated heterocycles. The first-order valence-corrected chi connectivity index (χ1v) is 6.34. The Labute approximate surface area is 108 Å². The molecule has 0 bridgehead atoms. The fourth-order valence-electron chi connectivity index (χ4n) is 1.68. The molecule has 1 aromatic rings. The lowest BCUT2D eigenvalue weighted by molar-refractivity contribution is 0.0581. The van der Waals surface area contributed by atoms with Crippen molar-refractivity contribution in [3.8, 4) is 0 Å². The van der Waals surface area contributed by atoms with Gasteiger partial charge in [0.05, 0.1) is 25.9 Å². The molecule has 0 spiro atoms. The van der Waals surface area contributed by atoms with Gasteiger partial charge in [0.15, 0.2) is 0 Å². The fourth-order valence-corrected chi connectivity index (χ4v) is 1.68. The van der Waals surface area contributed by atoms with E-state index in [0.29, 0.717) is 25.4 Å². The smallest absolute Gasteiger partial charge is 0.128 e. The van der Waals surface area contributed by atoms with Crippen molar-refractivity contribution >= 4 is 0 Å². The lowest BCUT2D eigenvalue weighted by Gasteiger charge is -2.19. The molecule has 1 rings (SSSR count). The van der Waals surface area contributed by atoms with E-state index in [1.54, 1.807) is 19.2 Å². The van der Waals surface area contributed by atoms with Crippen LogP contribution in [0.1, 0.15) is 24.9 Å². The Bertz CT molecular complexity index is 333. The zero-order chi connectivity index (χ0) is 13.2. The molecule has 1 unspecified atom stereocenters. The molecule has 1 N–H and O–H groups in total. The minimum atomic E-state index is -0.193. The monoisotopic (exact) mass is 255 g/mol. The van der Waals surface area contributed by atoms with Crippen LogP contribution in [-0.2, 0) is 9.47 Å². The van der Waals surface area contributed by atoms with Crippen LogP contribution in [0.5, 0.6) is 0 Å². The van der Waals surface area contributed by atoms with Crippen LogP contribution in [-0.4, -0.2) is 33.5 Å². The first kappa shape index (κ1) is 15.1. The van der Waals surface area contributed by atoms with E-state index in [-0.39, 0.29) is 11.9 Å². The zero-order valence-corrected chi connectivity index (χ0v) is 11.1. The third-order valence-corrected chi connectivity index (χ3v) is 2.64. The van der Waals surface area contributed by atoms with E-state index in [1.165, 1.54) is 6.07 Å². The Morgan fingerprint density at radius 3 is 2.72 bits per heavy atom. The van der Waals surface area contributed by atoms with E-state index in [4.69, 9.17) is 9.47 Å². The predicted molar refractivity (Wildman–Crippen MR) is 70.1 cm³/mol. The molecule has 0 aliphatic carbocycles. The third kappa shape index (κ3) is 5.12. The Balaban J connectivity index is 2.57. The molecule has 0 aromatic heterocycles. The molecular formula is C14H22FNO2. The molecular weight excluding hydrogens is 233 g/mol. The highest BCUT2D eigenvalue weighted by Crippen LogP contribution is 2.17. The van der Waals surface area contributed by atoms with E-state index in [1.807, 2.05) is 6.07 Å².